The molecule has 0 aromatic carbocycles. The lowest BCUT2D eigenvalue weighted by atomic mass is 10.1. The molecule has 2 N–H and O–H groups in total. The molecule has 0 aliphatic rings. The van der Waals surface area contributed by atoms with Gasteiger partial charge in [0.15, 0.2) is 5.82 Å². The molecule has 0 saturated carbocycles. The van der Waals surface area contributed by atoms with Gasteiger partial charge < -0.3 is 15.2 Å². The van der Waals surface area contributed by atoms with Gasteiger partial charge >= 0.3 is 0 Å². The Morgan fingerprint density at radius 2 is 2.14 bits per heavy atom. The lowest BCUT2D eigenvalue weighted by Gasteiger charge is -2.08. The van der Waals surface area contributed by atoms with Gasteiger partial charge in [-0.2, -0.15) is 4.98 Å². The number of hydrogen-bond donors (Lipinski definition) is 2. The normalized spacial score (nSPS) is 10.4. The Morgan fingerprint density at radius 3 is 2.76 bits per heavy atom. The van der Waals surface area contributed by atoms with Crippen molar-refractivity contribution in [1.29, 1.82) is 0 Å². The summed E-state index contributed by atoms with van der Waals surface area (Å²) >= 11 is 0. The maximum absolute atomic E-state index is 12.2. The molecule has 0 atom stereocenters. The van der Waals surface area contributed by atoms with Crippen LogP contribution in [0.3, 0.4) is 0 Å². The summed E-state index contributed by atoms with van der Waals surface area (Å²) in [6.45, 7) is 4.01. The van der Waals surface area contributed by atoms with Crippen LogP contribution in [0.5, 0.6) is 0 Å². The predicted molar refractivity (Wildman–Crippen MR) is 78.0 cm³/mol. The highest BCUT2D eigenvalue weighted by molar-refractivity contribution is 5.94. The van der Waals surface area contributed by atoms with Gasteiger partial charge in [-0.15, -0.1) is 0 Å². The lowest BCUT2D eigenvalue weighted by Crippen LogP contribution is -2.23. The molecule has 0 fully saturated rings. The van der Waals surface area contributed by atoms with Gasteiger partial charge in [-0.25, -0.2) is 4.98 Å². The number of rotatable bonds is 6. The van der Waals surface area contributed by atoms with E-state index in [2.05, 4.69) is 32.7 Å². The van der Waals surface area contributed by atoms with Crippen LogP contribution in [-0.4, -0.2) is 28.1 Å². The van der Waals surface area contributed by atoms with Crippen molar-refractivity contribution in [2.24, 2.45) is 0 Å². The summed E-state index contributed by atoms with van der Waals surface area (Å²) in [5.74, 6) is 1.42. The second-order valence-electron chi connectivity index (χ2n) is 4.65. The number of nitrogens with one attached hydrogen (secondary N) is 2. The average molecular weight is 289 g/mol. The summed E-state index contributed by atoms with van der Waals surface area (Å²) in [5, 5.41) is 9.40. The minimum atomic E-state index is -0.192. The molecule has 7 heteroatoms. The summed E-state index contributed by atoms with van der Waals surface area (Å²) < 4.78 is 4.96. The second kappa shape index (κ2) is 6.83. The topological polar surface area (TPSA) is 92.9 Å². The first-order valence-corrected chi connectivity index (χ1v) is 6.88. The fourth-order valence-electron chi connectivity index (χ4n) is 1.90. The molecule has 0 saturated heterocycles. The molecule has 0 spiro atoms. The second-order valence-corrected chi connectivity index (χ2v) is 4.65. The highest BCUT2D eigenvalue weighted by Gasteiger charge is 2.11. The Bertz CT molecular complexity index is 624. The Labute approximate surface area is 123 Å². The highest BCUT2D eigenvalue weighted by Crippen LogP contribution is 2.12. The molecule has 2 aromatic heterocycles. The number of pyridine rings is 1. The van der Waals surface area contributed by atoms with Crippen molar-refractivity contribution in [2.45, 2.75) is 33.2 Å². The van der Waals surface area contributed by atoms with Gasteiger partial charge in [0, 0.05) is 18.3 Å². The van der Waals surface area contributed by atoms with E-state index in [1.807, 2.05) is 0 Å². The van der Waals surface area contributed by atoms with E-state index in [-0.39, 0.29) is 12.5 Å². The standard InChI is InChI=1S/C14H19N5O2/c1-4-5-11-6-10(7-12(15-3)18-11)14(20)16-8-13-17-9(2)19-21-13/h6-7H,4-5,8H2,1-3H3,(H,15,18)(H,16,20). The van der Waals surface area contributed by atoms with E-state index in [4.69, 9.17) is 4.52 Å². The largest absolute Gasteiger partial charge is 0.373 e. The summed E-state index contributed by atoms with van der Waals surface area (Å²) in [5.41, 5.74) is 1.46. The number of carbonyl (C=O) groups is 1. The Morgan fingerprint density at radius 1 is 1.33 bits per heavy atom. The van der Waals surface area contributed by atoms with Gasteiger partial charge in [0.2, 0.25) is 5.89 Å². The molecule has 2 heterocycles. The van der Waals surface area contributed by atoms with Gasteiger partial charge in [0.05, 0.1) is 6.54 Å². The van der Waals surface area contributed by atoms with Crippen molar-refractivity contribution >= 4 is 11.7 Å². The van der Waals surface area contributed by atoms with Crippen LogP contribution in [0, 0.1) is 6.92 Å². The van der Waals surface area contributed by atoms with Crippen molar-refractivity contribution in [3.05, 3.63) is 35.1 Å². The minimum absolute atomic E-state index is 0.192. The van der Waals surface area contributed by atoms with E-state index in [1.165, 1.54) is 0 Å². The fourth-order valence-corrected chi connectivity index (χ4v) is 1.90. The van der Waals surface area contributed by atoms with Crippen molar-refractivity contribution in [1.82, 2.24) is 20.4 Å². The van der Waals surface area contributed by atoms with E-state index < -0.39 is 0 Å². The summed E-state index contributed by atoms with van der Waals surface area (Å²) in [6.07, 6.45) is 1.81. The zero-order valence-electron chi connectivity index (χ0n) is 12.4. The van der Waals surface area contributed by atoms with Crippen LogP contribution in [0.4, 0.5) is 5.82 Å². The Kier molecular flexibility index (Phi) is 4.86. The highest BCUT2D eigenvalue weighted by atomic mass is 16.5. The molecule has 112 valence electrons. The molecular formula is C14H19N5O2. The van der Waals surface area contributed by atoms with Gasteiger partial charge in [0.25, 0.3) is 5.91 Å². The average Bonchev–Trinajstić information content (AvgIpc) is 2.90. The van der Waals surface area contributed by atoms with Crippen molar-refractivity contribution in [3.63, 3.8) is 0 Å². The van der Waals surface area contributed by atoms with Gasteiger partial charge in [-0.1, -0.05) is 18.5 Å². The van der Waals surface area contributed by atoms with E-state index >= 15 is 0 Å². The molecule has 0 radical (unpaired) electrons. The third kappa shape index (κ3) is 4.01. The van der Waals surface area contributed by atoms with E-state index in [0.29, 0.717) is 23.1 Å². The van der Waals surface area contributed by atoms with Crippen LogP contribution in [0.1, 0.15) is 41.1 Å². The molecule has 21 heavy (non-hydrogen) atoms. The quantitative estimate of drug-likeness (QED) is 0.840. The number of aryl methyl sites for hydroxylation is 2. The molecule has 0 unspecified atom stereocenters. The summed E-state index contributed by atoms with van der Waals surface area (Å²) in [6, 6.07) is 3.52. The predicted octanol–water partition coefficient (Wildman–Crippen LogP) is 1.70. The van der Waals surface area contributed by atoms with Gasteiger partial charge in [-0.3, -0.25) is 4.79 Å². The SMILES string of the molecule is CCCc1cc(C(=O)NCc2nc(C)no2)cc(NC)n1. The number of hydrogen-bond acceptors (Lipinski definition) is 6. The Balaban J connectivity index is 2.08. The van der Waals surface area contributed by atoms with Gasteiger partial charge in [-0.05, 0) is 25.5 Å². The Hall–Kier alpha value is -2.44. The lowest BCUT2D eigenvalue weighted by molar-refractivity contribution is 0.0946. The van der Waals surface area contributed by atoms with Crippen molar-refractivity contribution < 1.29 is 9.32 Å². The van der Waals surface area contributed by atoms with Gasteiger partial charge in [0.1, 0.15) is 5.82 Å². The van der Waals surface area contributed by atoms with Crippen LogP contribution in [0.15, 0.2) is 16.7 Å². The number of nitrogens with zero attached hydrogens (tertiary/aromatic N) is 3. The smallest absolute Gasteiger partial charge is 0.251 e. The van der Waals surface area contributed by atoms with Crippen molar-refractivity contribution in [3.8, 4) is 0 Å². The fraction of sp³-hybridized carbons (Fsp3) is 0.429. The molecule has 1 amide bonds. The zero-order valence-corrected chi connectivity index (χ0v) is 12.4. The maximum Gasteiger partial charge on any atom is 0.251 e. The molecular weight excluding hydrogens is 270 g/mol. The molecule has 7 nitrogen and oxygen atoms in total. The monoisotopic (exact) mass is 289 g/mol. The first-order chi connectivity index (χ1) is 10.1. The van der Waals surface area contributed by atoms with Crippen LogP contribution in [0.2, 0.25) is 0 Å². The third-order valence-electron chi connectivity index (χ3n) is 2.87. The molecule has 0 aliphatic carbocycles. The molecule has 0 aliphatic heterocycles. The summed E-state index contributed by atoms with van der Waals surface area (Å²) in [7, 11) is 1.78. The third-order valence-corrected chi connectivity index (χ3v) is 2.87. The first-order valence-electron chi connectivity index (χ1n) is 6.88. The van der Waals surface area contributed by atoms with Crippen LogP contribution >= 0.6 is 0 Å². The number of carbonyl (C=O) groups excluding carboxylic acids is 1. The van der Waals surface area contributed by atoms with E-state index in [1.54, 1.807) is 26.1 Å². The molecule has 2 aromatic rings. The van der Waals surface area contributed by atoms with E-state index in [9.17, 15) is 4.79 Å². The molecule has 0 bridgehead atoms. The van der Waals surface area contributed by atoms with E-state index in [0.717, 1.165) is 18.5 Å². The molecule has 2 rings (SSSR count). The van der Waals surface area contributed by atoms with Crippen LogP contribution in [0.25, 0.3) is 0 Å². The number of aromatic nitrogens is 3. The minimum Gasteiger partial charge on any atom is -0.373 e. The van der Waals surface area contributed by atoms with Crippen LogP contribution < -0.4 is 10.6 Å². The number of anilines is 1. The summed E-state index contributed by atoms with van der Waals surface area (Å²) in [4.78, 5) is 20.6. The van der Waals surface area contributed by atoms with Crippen LogP contribution in [-0.2, 0) is 13.0 Å². The number of amides is 1. The first kappa shape index (κ1) is 15.0. The van der Waals surface area contributed by atoms with Crippen molar-refractivity contribution in [2.75, 3.05) is 12.4 Å². The maximum atomic E-state index is 12.2. The zero-order chi connectivity index (χ0) is 15.2.